The molecular formula is C67H72F2N10O10S2. The Morgan fingerprint density at radius 2 is 1.02 bits per heavy atom. The molecule has 4 aliphatic heterocycles. The number of nitrogens with one attached hydrogen (secondary N) is 4. The number of carbonyl (C=O) groups is 6. The van der Waals surface area contributed by atoms with E-state index in [1.54, 1.807) is 78.7 Å². The number of hydrogen-bond acceptors (Lipinski definition) is 16. The van der Waals surface area contributed by atoms with E-state index in [1.807, 2.05) is 71.4 Å². The van der Waals surface area contributed by atoms with E-state index < -0.39 is 102 Å². The van der Waals surface area contributed by atoms with E-state index in [2.05, 4.69) is 44.9 Å². The monoisotopic (exact) mass is 1280 g/mol. The summed E-state index contributed by atoms with van der Waals surface area (Å²) < 4.78 is 51.8. The SMILES string of the molecule is CNCC(=O)N[C@H](C(=O)N1CC[C@@H]2[C@H]1[C@@H](c1csc(-c3ccc(F)cc3)n1)CN2C(=O)OCc1ccccc1)[C@@H](C)OCC#CC#CCO[C@H](C)[C@H](NC(=O)[C@H](C)NC)C(=O)N1CC[C@@H]2[C@H]1[C@@H](c1csc(-c3ccc(F)cc3)n1)CN2C(=O)OCc1ccccc1. The maximum atomic E-state index is 15.1. The van der Waals surface area contributed by atoms with Gasteiger partial charge in [-0.15, -0.1) is 22.7 Å². The molecule has 0 saturated carbocycles. The van der Waals surface area contributed by atoms with Crippen LogP contribution in [0.2, 0.25) is 0 Å². The summed E-state index contributed by atoms with van der Waals surface area (Å²) in [4.78, 5) is 101. The van der Waals surface area contributed by atoms with Crippen molar-refractivity contribution in [1.82, 2.24) is 50.8 Å². The third-order valence-corrected chi connectivity index (χ3v) is 18.8. The van der Waals surface area contributed by atoms with Crippen LogP contribution < -0.4 is 21.3 Å². The fourth-order valence-electron chi connectivity index (χ4n) is 12.2. The highest BCUT2D eigenvalue weighted by molar-refractivity contribution is 7.13. The number of fused-ring (bicyclic) bond motifs is 2. The van der Waals surface area contributed by atoms with E-state index in [4.69, 9.17) is 28.9 Å². The van der Waals surface area contributed by atoms with E-state index in [-0.39, 0.29) is 70.8 Å². The summed E-state index contributed by atoms with van der Waals surface area (Å²) in [7, 11) is 3.25. The molecule has 24 heteroatoms. The molecule has 4 N–H and O–H groups in total. The standard InChI is InChI=1S/C67H72F2N10O10S2/c1-41(71-5)61(81)75-58(65(83)77-31-29-55-60(77)51(36-79(55)67(85)89-38-45-18-12-9-13-19-45)53-40-91-63(73-53)47-22-26-49(69)27-23-47)43(3)87-33-15-7-6-14-32-86-42(2)57(74-56(80)34-70-4)64(82)76-30-28-54-59(76)50(35-78(54)66(84)88-37-44-16-10-8-11-17-44)52-39-90-62(72-52)46-20-24-48(68)25-21-46/h8-13,16-27,39-43,50-51,54-55,57-60,70-71H,28-38H2,1-5H3,(H,74,80)(H,75,81)/t41-,42+,43+,50+,51+,54+,55+,57-,58-,59+,60+/m0/s1. The zero-order valence-corrected chi connectivity index (χ0v) is 52.6. The van der Waals surface area contributed by atoms with E-state index in [0.717, 1.165) is 22.3 Å². The van der Waals surface area contributed by atoms with Crippen LogP contribution in [-0.2, 0) is 51.3 Å². The van der Waals surface area contributed by atoms with Crippen molar-refractivity contribution in [2.24, 2.45) is 0 Å². The number of ether oxygens (including phenoxy) is 4. The molecule has 0 bridgehead atoms. The van der Waals surface area contributed by atoms with Gasteiger partial charge in [0.1, 0.15) is 60.2 Å². The third kappa shape index (κ3) is 15.6. The van der Waals surface area contributed by atoms with Crippen molar-refractivity contribution < 1.29 is 56.5 Å². The molecule has 4 fully saturated rings. The smallest absolute Gasteiger partial charge is 0.410 e. The Morgan fingerprint density at radius 1 is 0.593 bits per heavy atom. The van der Waals surface area contributed by atoms with Gasteiger partial charge in [0, 0.05) is 59.9 Å². The number of halogens is 2. The van der Waals surface area contributed by atoms with Crippen molar-refractivity contribution in [3.05, 3.63) is 154 Å². The first-order chi connectivity index (χ1) is 44.1. The van der Waals surface area contributed by atoms with Crippen LogP contribution in [0.5, 0.6) is 0 Å². The van der Waals surface area contributed by atoms with Gasteiger partial charge in [-0.3, -0.25) is 19.2 Å². The van der Waals surface area contributed by atoms with Crippen molar-refractivity contribution in [3.8, 4) is 44.8 Å². The summed E-state index contributed by atoms with van der Waals surface area (Å²) in [5.41, 5.74) is 4.40. The van der Waals surface area contributed by atoms with E-state index in [9.17, 15) is 32.8 Å². The second kappa shape index (κ2) is 30.5. The van der Waals surface area contributed by atoms with Crippen LogP contribution in [0.3, 0.4) is 0 Å². The number of benzene rings is 4. The lowest BCUT2D eigenvalue weighted by molar-refractivity contribution is -0.141. The van der Waals surface area contributed by atoms with Crippen LogP contribution in [0.1, 0.15) is 68.0 Å². The first-order valence-corrected chi connectivity index (χ1v) is 31.9. The summed E-state index contributed by atoms with van der Waals surface area (Å²) in [6.07, 6.45) is -1.98. The molecule has 2 aromatic heterocycles. The first-order valence-electron chi connectivity index (χ1n) is 30.2. The molecular weight excluding hydrogens is 1210 g/mol. The van der Waals surface area contributed by atoms with E-state index in [1.165, 1.54) is 46.9 Å². The first kappa shape index (κ1) is 65.3. The minimum Gasteiger partial charge on any atom is -0.445 e. The number of carbonyl (C=O) groups excluding carboxylic acids is 6. The van der Waals surface area contributed by atoms with Gasteiger partial charge in [-0.05, 0) is 119 Å². The zero-order valence-electron chi connectivity index (χ0n) is 51.0. The van der Waals surface area contributed by atoms with Gasteiger partial charge in [0.25, 0.3) is 0 Å². The lowest BCUT2D eigenvalue weighted by atomic mass is 9.96. The Bertz CT molecular complexity index is 3650. The second-order valence-corrected chi connectivity index (χ2v) is 24.4. The summed E-state index contributed by atoms with van der Waals surface area (Å²) in [5.74, 6) is 7.87. The average Bonchev–Trinajstić information content (AvgIpc) is 1.61. The van der Waals surface area contributed by atoms with Gasteiger partial charge in [0.05, 0.1) is 60.3 Å². The molecule has 4 saturated heterocycles. The Hall–Kier alpha value is -8.62. The number of likely N-dealkylation sites (N-methyl/N-ethyl adjacent to an activating group) is 2. The minimum atomic E-state index is -1.18. The molecule has 6 amide bonds. The van der Waals surface area contributed by atoms with Gasteiger partial charge < -0.3 is 59.8 Å². The molecule has 0 aliphatic carbocycles. The van der Waals surface area contributed by atoms with Crippen molar-refractivity contribution in [2.45, 2.75) is 113 Å². The quantitative estimate of drug-likeness (QED) is 0.0506. The van der Waals surface area contributed by atoms with Crippen LogP contribution >= 0.6 is 22.7 Å². The van der Waals surface area contributed by atoms with E-state index >= 15 is 4.79 Å². The third-order valence-electron chi connectivity index (χ3n) is 17.0. The number of likely N-dealkylation sites (tertiary alicyclic amines) is 4. The highest BCUT2D eigenvalue weighted by atomic mass is 32.1. The molecule has 6 heterocycles. The van der Waals surface area contributed by atoms with Crippen LogP contribution in [-0.4, -0.2) is 180 Å². The van der Waals surface area contributed by atoms with Gasteiger partial charge in [-0.1, -0.05) is 72.5 Å². The number of nitrogens with zero attached hydrogens (tertiary/aromatic N) is 6. The summed E-state index contributed by atoms with van der Waals surface area (Å²) in [6.45, 7) is 5.62. The largest absolute Gasteiger partial charge is 0.445 e. The Labute approximate surface area is 535 Å². The number of amides is 6. The number of rotatable bonds is 22. The predicted octanol–water partition coefficient (Wildman–Crippen LogP) is 6.94. The van der Waals surface area contributed by atoms with Gasteiger partial charge in [0.2, 0.25) is 23.6 Å². The molecule has 0 unspecified atom stereocenters. The Balaban J connectivity index is 0.804. The normalized spacial score (nSPS) is 20.6. The predicted molar refractivity (Wildman–Crippen MR) is 338 cm³/mol. The zero-order chi connectivity index (χ0) is 64.1. The van der Waals surface area contributed by atoms with Crippen molar-refractivity contribution >= 4 is 58.5 Å². The van der Waals surface area contributed by atoms with Gasteiger partial charge in [-0.25, -0.2) is 28.3 Å². The Morgan fingerprint density at radius 3 is 1.44 bits per heavy atom. The molecule has 91 heavy (non-hydrogen) atoms. The van der Waals surface area contributed by atoms with Crippen molar-refractivity contribution in [1.29, 1.82) is 0 Å². The lowest BCUT2D eigenvalue weighted by Crippen LogP contribution is -2.58. The molecule has 10 rings (SSSR count). The highest BCUT2D eigenvalue weighted by Gasteiger charge is 2.56. The van der Waals surface area contributed by atoms with Gasteiger partial charge in [-0.2, -0.15) is 0 Å². The maximum absolute atomic E-state index is 15.1. The minimum absolute atomic E-state index is 0.0573. The van der Waals surface area contributed by atoms with E-state index in [0.29, 0.717) is 34.2 Å². The second-order valence-electron chi connectivity index (χ2n) is 22.7. The van der Waals surface area contributed by atoms with Crippen molar-refractivity contribution in [2.75, 3.05) is 60.0 Å². The fraction of sp³-hybridized carbons (Fsp3) is 0.403. The van der Waals surface area contributed by atoms with Crippen LogP contribution in [0.15, 0.2) is 120 Å². The fourth-order valence-corrected chi connectivity index (χ4v) is 14.0. The van der Waals surface area contributed by atoms with Crippen LogP contribution in [0, 0.1) is 35.3 Å². The molecule has 0 radical (unpaired) electrons. The molecule has 6 aromatic rings. The lowest BCUT2D eigenvalue weighted by Gasteiger charge is -2.33. The number of hydrogen-bond donors (Lipinski definition) is 4. The van der Waals surface area contributed by atoms with Gasteiger partial charge in [0.15, 0.2) is 0 Å². The molecule has 476 valence electrons. The number of thiazole rings is 2. The van der Waals surface area contributed by atoms with Crippen LogP contribution in [0.25, 0.3) is 21.1 Å². The summed E-state index contributed by atoms with van der Waals surface area (Å²) in [6, 6.07) is 25.8. The number of aromatic nitrogens is 2. The average molecular weight is 1280 g/mol. The highest BCUT2D eigenvalue weighted by Crippen LogP contribution is 2.45. The molecule has 20 nitrogen and oxygen atoms in total. The van der Waals surface area contributed by atoms with Crippen molar-refractivity contribution in [3.63, 3.8) is 0 Å². The molecule has 11 atom stereocenters. The Kier molecular flexibility index (Phi) is 21.9. The topological polar surface area (TPSA) is 226 Å². The molecule has 4 aromatic carbocycles. The summed E-state index contributed by atoms with van der Waals surface area (Å²) >= 11 is 2.76. The van der Waals surface area contributed by atoms with Gasteiger partial charge >= 0.3 is 12.2 Å². The molecule has 0 spiro atoms. The van der Waals surface area contributed by atoms with Crippen LogP contribution in [0.4, 0.5) is 18.4 Å². The maximum Gasteiger partial charge on any atom is 0.410 e. The summed E-state index contributed by atoms with van der Waals surface area (Å²) in [5, 5.41) is 16.6. The molecule has 4 aliphatic rings.